The van der Waals surface area contributed by atoms with Crippen LogP contribution in [0.4, 0.5) is 0 Å². The lowest BCUT2D eigenvalue weighted by Gasteiger charge is -2.25. The number of unbranched alkanes of at least 4 members (excludes halogenated alkanes) is 2. The number of pyridine rings is 1. The number of rotatable bonds is 12. The number of nitrogens with zero attached hydrogens (tertiary/aromatic N) is 2. The summed E-state index contributed by atoms with van der Waals surface area (Å²) in [4.78, 5) is 7.55. The van der Waals surface area contributed by atoms with Gasteiger partial charge in [-0.2, -0.15) is 0 Å². The van der Waals surface area contributed by atoms with Gasteiger partial charge < -0.3 is 4.74 Å². The molecule has 0 spiro atoms. The average molecular weight is 445 g/mol. The largest absolute Gasteiger partial charge is 0.496 e. The molecule has 1 aromatic heterocycles. The van der Waals surface area contributed by atoms with Crippen LogP contribution in [0.15, 0.2) is 54.7 Å². The first kappa shape index (κ1) is 25.0. The maximum absolute atomic E-state index is 6.00. The second kappa shape index (κ2) is 12.6. The summed E-state index contributed by atoms with van der Waals surface area (Å²) in [5.41, 5.74) is 8.70. The molecule has 0 saturated heterocycles. The molecule has 0 bridgehead atoms. The van der Waals surface area contributed by atoms with Crippen LogP contribution in [-0.2, 0) is 25.9 Å². The Morgan fingerprint density at radius 3 is 2.12 bits per heavy atom. The van der Waals surface area contributed by atoms with Crippen molar-refractivity contribution in [1.29, 1.82) is 0 Å². The molecular weight excluding hydrogens is 404 g/mol. The standard InChI is InChI=1S/C30H40N2O/c1-6-9-13-19-32(21-24-15-11-10-12-16-24)22-27-20-31-29(23(4)30(27)33-5)28-25(7-2)17-14-18-26(28)8-3/h10-12,14-18,20H,6-9,13,19,21-22H2,1-5H3. The second-order valence-electron chi connectivity index (χ2n) is 8.85. The zero-order chi connectivity index (χ0) is 23.6. The lowest BCUT2D eigenvalue weighted by atomic mass is 9.92. The molecule has 2 aromatic carbocycles. The molecule has 0 aliphatic heterocycles. The van der Waals surface area contributed by atoms with Gasteiger partial charge in [-0.25, -0.2) is 0 Å². The Labute approximate surface area is 200 Å². The minimum absolute atomic E-state index is 0.839. The molecular formula is C30H40N2O. The van der Waals surface area contributed by atoms with Crippen molar-refractivity contribution in [3.63, 3.8) is 0 Å². The number of hydrogen-bond acceptors (Lipinski definition) is 3. The zero-order valence-corrected chi connectivity index (χ0v) is 21.2. The Bertz CT molecular complexity index is 991. The maximum Gasteiger partial charge on any atom is 0.129 e. The average Bonchev–Trinajstić information content (AvgIpc) is 2.84. The van der Waals surface area contributed by atoms with E-state index in [2.05, 4.69) is 81.1 Å². The van der Waals surface area contributed by atoms with E-state index in [1.807, 2.05) is 6.20 Å². The number of benzene rings is 2. The normalized spacial score (nSPS) is 11.2. The molecule has 0 N–H and O–H groups in total. The molecule has 3 rings (SSSR count). The lowest BCUT2D eigenvalue weighted by molar-refractivity contribution is 0.246. The van der Waals surface area contributed by atoms with Crippen LogP contribution in [0.3, 0.4) is 0 Å². The van der Waals surface area contributed by atoms with E-state index in [4.69, 9.17) is 9.72 Å². The van der Waals surface area contributed by atoms with Gasteiger partial charge in [0.05, 0.1) is 12.8 Å². The van der Waals surface area contributed by atoms with Gasteiger partial charge in [-0.05, 0) is 49.4 Å². The molecule has 0 aliphatic rings. The number of aryl methyl sites for hydroxylation is 2. The van der Waals surface area contributed by atoms with Crippen LogP contribution in [0, 0.1) is 6.92 Å². The summed E-state index contributed by atoms with van der Waals surface area (Å²) in [6.45, 7) is 11.7. The highest BCUT2D eigenvalue weighted by atomic mass is 16.5. The molecule has 3 heteroatoms. The van der Waals surface area contributed by atoms with Crippen LogP contribution < -0.4 is 4.74 Å². The van der Waals surface area contributed by atoms with E-state index < -0.39 is 0 Å². The fraction of sp³-hybridized carbons (Fsp3) is 0.433. The van der Waals surface area contributed by atoms with Gasteiger partial charge >= 0.3 is 0 Å². The van der Waals surface area contributed by atoms with Gasteiger partial charge in [0.1, 0.15) is 5.75 Å². The molecule has 0 atom stereocenters. The molecule has 3 nitrogen and oxygen atoms in total. The van der Waals surface area contributed by atoms with E-state index in [9.17, 15) is 0 Å². The van der Waals surface area contributed by atoms with Crippen molar-refractivity contribution < 1.29 is 4.74 Å². The predicted molar refractivity (Wildman–Crippen MR) is 140 cm³/mol. The van der Waals surface area contributed by atoms with E-state index in [0.29, 0.717) is 0 Å². The second-order valence-corrected chi connectivity index (χ2v) is 8.85. The number of hydrogen-bond donors (Lipinski definition) is 0. The Morgan fingerprint density at radius 2 is 1.52 bits per heavy atom. The fourth-order valence-corrected chi connectivity index (χ4v) is 4.72. The summed E-state index contributed by atoms with van der Waals surface area (Å²) >= 11 is 0. The number of ether oxygens (including phenoxy) is 1. The van der Waals surface area contributed by atoms with Gasteiger partial charge in [-0.3, -0.25) is 9.88 Å². The van der Waals surface area contributed by atoms with Crippen LogP contribution >= 0.6 is 0 Å². The van der Waals surface area contributed by atoms with Crippen LogP contribution in [0.5, 0.6) is 5.75 Å². The van der Waals surface area contributed by atoms with E-state index >= 15 is 0 Å². The van der Waals surface area contributed by atoms with Gasteiger partial charge in [-0.15, -0.1) is 0 Å². The Morgan fingerprint density at radius 1 is 0.818 bits per heavy atom. The summed E-state index contributed by atoms with van der Waals surface area (Å²) in [5.74, 6) is 0.974. The quantitative estimate of drug-likeness (QED) is 0.272. The SMILES string of the molecule is CCCCCN(Cc1ccccc1)Cc1cnc(-c2c(CC)cccc2CC)c(C)c1OC. The van der Waals surface area contributed by atoms with Crippen molar-refractivity contribution in [2.75, 3.05) is 13.7 Å². The molecule has 0 aliphatic carbocycles. The van der Waals surface area contributed by atoms with Gasteiger partial charge in [0, 0.05) is 36.0 Å². The van der Waals surface area contributed by atoms with E-state index in [-0.39, 0.29) is 0 Å². The lowest BCUT2D eigenvalue weighted by Crippen LogP contribution is -2.24. The predicted octanol–water partition coefficient (Wildman–Crippen LogP) is 7.38. The first-order chi connectivity index (χ1) is 16.1. The maximum atomic E-state index is 6.00. The molecule has 0 fully saturated rings. The smallest absolute Gasteiger partial charge is 0.129 e. The fourth-order valence-electron chi connectivity index (χ4n) is 4.72. The third-order valence-electron chi connectivity index (χ3n) is 6.50. The minimum atomic E-state index is 0.839. The first-order valence-electron chi connectivity index (χ1n) is 12.5. The van der Waals surface area contributed by atoms with Crippen LogP contribution in [-0.4, -0.2) is 23.5 Å². The highest BCUT2D eigenvalue weighted by molar-refractivity contribution is 5.73. The number of methoxy groups -OCH3 is 1. The monoisotopic (exact) mass is 444 g/mol. The number of aromatic nitrogens is 1. The van der Waals surface area contributed by atoms with Crippen molar-refractivity contribution in [1.82, 2.24) is 9.88 Å². The summed E-state index contributed by atoms with van der Waals surface area (Å²) in [7, 11) is 1.79. The molecule has 0 unspecified atom stereocenters. The summed E-state index contributed by atoms with van der Waals surface area (Å²) in [6.07, 6.45) is 7.73. The first-order valence-corrected chi connectivity index (χ1v) is 12.5. The van der Waals surface area contributed by atoms with Crippen molar-refractivity contribution in [3.05, 3.63) is 82.5 Å². The van der Waals surface area contributed by atoms with Crippen LogP contribution in [0.25, 0.3) is 11.3 Å². The summed E-state index contributed by atoms with van der Waals surface area (Å²) in [5, 5.41) is 0. The molecule has 0 amide bonds. The third-order valence-corrected chi connectivity index (χ3v) is 6.50. The van der Waals surface area contributed by atoms with Crippen LogP contribution in [0.1, 0.15) is 67.9 Å². The van der Waals surface area contributed by atoms with Crippen LogP contribution in [0.2, 0.25) is 0 Å². The Balaban J connectivity index is 1.95. The third kappa shape index (κ3) is 6.23. The van der Waals surface area contributed by atoms with E-state index in [1.54, 1.807) is 7.11 Å². The van der Waals surface area contributed by atoms with E-state index in [0.717, 1.165) is 49.5 Å². The van der Waals surface area contributed by atoms with Gasteiger partial charge in [0.25, 0.3) is 0 Å². The topological polar surface area (TPSA) is 25.4 Å². The summed E-state index contributed by atoms with van der Waals surface area (Å²) < 4.78 is 6.00. The highest BCUT2D eigenvalue weighted by Crippen LogP contribution is 2.36. The van der Waals surface area contributed by atoms with Gasteiger partial charge in [0.15, 0.2) is 0 Å². The summed E-state index contributed by atoms with van der Waals surface area (Å²) in [6, 6.07) is 17.4. The van der Waals surface area contributed by atoms with Gasteiger partial charge in [-0.1, -0.05) is 82.1 Å². The Kier molecular flexibility index (Phi) is 9.50. The molecule has 0 radical (unpaired) electrons. The van der Waals surface area contributed by atoms with Gasteiger partial charge in [0.2, 0.25) is 0 Å². The van der Waals surface area contributed by atoms with Crippen molar-refractivity contribution in [3.8, 4) is 17.0 Å². The van der Waals surface area contributed by atoms with Crippen molar-refractivity contribution in [2.24, 2.45) is 0 Å². The molecule has 1 heterocycles. The molecule has 3 aromatic rings. The zero-order valence-electron chi connectivity index (χ0n) is 21.2. The Hall–Kier alpha value is -2.65. The minimum Gasteiger partial charge on any atom is -0.496 e. The molecule has 176 valence electrons. The highest BCUT2D eigenvalue weighted by Gasteiger charge is 2.19. The van der Waals surface area contributed by atoms with E-state index in [1.165, 1.54) is 47.1 Å². The van der Waals surface area contributed by atoms with Crippen molar-refractivity contribution in [2.45, 2.75) is 72.9 Å². The molecule has 33 heavy (non-hydrogen) atoms. The van der Waals surface area contributed by atoms with Crippen molar-refractivity contribution >= 4 is 0 Å². The molecule has 0 saturated carbocycles.